The summed E-state index contributed by atoms with van der Waals surface area (Å²) in [6.45, 7) is 3.06. The minimum absolute atomic E-state index is 0.210. The van der Waals surface area contributed by atoms with E-state index in [4.69, 9.17) is 5.73 Å². The van der Waals surface area contributed by atoms with Crippen LogP contribution in [0.25, 0.3) is 0 Å². The third kappa shape index (κ3) is 0.925. The highest BCUT2D eigenvalue weighted by Crippen LogP contribution is 2.40. The Morgan fingerprint density at radius 3 is 3.07 bits per heavy atom. The maximum absolute atomic E-state index is 6.25. The Bertz CT molecular complexity index is 338. The van der Waals surface area contributed by atoms with Gasteiger partial charge in [0.05, 0.1) is 6.54 Å². The predicted molar refractivity (Wildman–Crippen MR) is 54.0 cm³/mol. The molecule has 4 nitrogen and oxygen atoms in total. The number of hydrogen-bond donors (Lipinski definition) is 2. The van der Waals surface area contributed by atoms with Gasteiger partial charge in [-0.05, 0) is 32.0 Å². The van der Waals surface area contributed by atoms with Gasteiger partial charge in [0.15, 0.2) is 0 Å². The zero-order chi connectivity index (χ0) is 9.60. The lowest BCUT2D eigenvalue weighted by atomic mass is 9.72. The molecule has 3 rings (SSSR count). The third-order valence-electron chi connectivity index (χ3n) is 3.80. The van der Waals surface area contributed by atoms with Gasteiger partial charge in [-0.3, -0.25) is 4.68 Å². The Hall–Kier alpha value is -0.870. The summed E-state index contributed by atoms with van der Waals surface area (Å²) in [5, 5.41) is 7.71. The minimum Gasteiger partial charge on any atom is -0.325 e. The Kier molecular flexibility index (Phi) is 1.69. The summed E-state index contributed by atoms with van der Waals surface area (Å²) in [4.78, 5) is 0. The normalized spacial score (nSPS) is 29.4. The number of fused-ring (bicyclic) bond motifs is 2. The first-order valence-corrected chi connectivity index (χ1v) is 5.31. The molecule has 76 valence electrons. The van der Waals surface area contributed by atoms with Crippen molar-refractivity contribution in [1.29, 1.82) is 0 Å². The van der Waals surface area contributed by atoms with Gasteiger partial charge in [-0.25, -0.2) is 0 Å². The summed E-state index contributed by atoms with van der Waals surface area (Å²) in [7, 11) is 0. The fourth-order valence-corrected chi connectivity index (χ4v) is 2.95. The second kappa shape index (κ2) is 2.81. The largest absolute Gasteiger partial charge is 0.325 e. The van der Waals surface area contributed by atoms with E-state index < -0.39 is 0 Å². The molecular formula is C10H16N4. The van der Waals surface area contributed by atoms with Crippen molar-refractivity contribution in [3.8, 4) is 0 Å². The highest BCUT2D eigenvalue weighted by Gasteiger charge is 2.46. The maximum Gasteiger partial charge on any atom is 0.0573 e. The van der Waals surface area contributed by atoms with Gasteiger partial charge in [0, 0.05) is 23.3 Å². The van der Waals surface area contributed by atoms with Crippen LogP contribution in [-0.2, 0) is 12.0 Å². The molecule has 1 fully saturated rings. The van der Waals surface area contributed by atoms with Gasteiger partial charge in [-0.2, -0.15) is 5.10 Å². The van der Waals surface area contributed by atoms with Gasteiger partial charge in [0.25, 0.3) is 0 Å². The smallest absolute Gasteiger partial charge is 0.0573 e. The minimum atomic E-state index is 0.210. The monoisotopic (exact) mass is 192 g/mol. The summed E-state index contributed by atoms with van der Waals surface area (Å²) >= 11 is 0. The van der Waals surface area contributed by atoms with Crippen LogP contribution in [0.1, 0.15) is 18.5 Å². The predicted octanol–water partition coefficient (Wildman–Crippen LogP) is -0.155. The van der Waals surface area contributed by atoms with Crippen molar-refractivity contribution >= 4 is 0 Å². The molecule has 2 aliphatic heterocycles. The molecule has 0 amide bonds. The van der Waals surface area contributed by atoms with Crippen LogP contribution in [0.3, 0.4) is 0 Å². The molecule has 1 atom stereocenters. The highest BCUT2D eigenvalue weighted by atomic mass is 15.3. The van der Waals surface area contributed by atoms with Gasteiger partial charge in [0.1, 0.15) is 0 Å². The van der Waals surface area contributed by atoms with Crippen LogP contribution in [0.15, 0.2) is 12.3 Å². The molecule has 1 aromatic heterocycles. The van der Waals surface area contributed by atoms with Crippen molar-refractivity contribution < 1.29 is 0 Å². The number of aromatic nitrogens is 2. The quantitative estimate of drug-likeness (QED) is 0.601. The van der Waals surface area contributed by atoms with E-state index >= 15 is 0 Å². The molecule has 1 aromatic rings. The number of hydrogen-bond acceptors (Lipinski definition) is 3. The first-order valence-electron chi connectivity index (χ1n) is 5.31. The molecular weight excluding hydrogens is 176 g/mol. The van der Waals surface area contributed by atoms with Crippen LogP contribution in [0.5, 0.6) is 0 Å². The molecule has 0 aromatic carbocycles. The Morgan fingerprint density at radius 2 is 2.29 bits per heavy atom. The summed E-state index contributed by atoms with van der Waals surface area (Å²) < 4.78 is 2.08. The molecule has 1 spiro atoms. The number of nitrogens with zero attached hydrogens (tertiary/aromatic N) is 2. The van der Waals surface area contributed by atoms with Crippen molar-refractivity contribution in [3.05, 3.63) is 18.0 Å². The molecule has 0 saturated carbocycles. The van der Waals surface area contributed by atoms with Crippen LogP contribution < -0.4 is 11.1 Å². The van der Waals surface area contributed by atoms with Crippen LogP contribution in [-0.4, -0.2) is 28.9 Å². The van der Waals surface area contributed by atoms with E-state index in [-0.39, 0.29) is 11.5 Å². The van der Waals surface area contributed by atoms with Crippen molar-refractivity contribution in [2.45, 2.75) is 30.8 Å². The number of piperidine rings is 1. The molecule has 4 heteroatoms. The molecule has 14 heavy (non-hydrogen) atoms. The van der Waals surface area contributed by atoms with Gasteiger partial charge < -0.3 is 11.1 Å². The summed E-state index contributed by atoms with van der Waals surface area (Å²) in [6, 6.07) is 2.39. The van der Waals surface area contributed by atoms with Crippen molar-refractivity contribution in [3.63, 3.8) is 0 Å². The highest BCUT2D eigenvalue weighted by molar-refractivity contribution is 5.25. The van der Waals surface area contributed by atoms with E-state index in [1.165, 1.54) is 5.69 Å². The van der Waals surface area contributed by atoms with Crippen LogP contribution >= 0.6 is 0 Å². The van der Waals surface area contributed by atoms with Gasteiger partial charge >= 0.3 is 0 Å². The molecule has 3 heterocycles. The average molecular weight is 192 g/mol. The van der Waals surface area contributed by atoms with E-state index in [1.807, 2.05) is 6.20 Å². The summed E-state index contributed by atoms with van der Waals surface area (Å²) in [5.74, 6) is 0. The van der Waals surface area contributed by atoms with E-state index in [2.05, 4.69) is 21.2 Å². The second-order valence-electron chi connectivity index (χ2n) is 4.41. The zero-order valence-corrected chi connectivity index (χ0v) is 8.24. The zero-order valence-electron chi connectivity index (χ0n) is 8.24. The first-order chi connectivity index (χ1) is 6.83. The molecule has 0 unspecified atom stereocenters. The first kappa shape index (κ1) is 8.44. The molecule has 2 aliphatic rings. The number of nitrogens with two attached hydrogens (primary N) is 1. The van der Waals surface area contributed by atoms with Gasteiger partial charge in [0.2, 0.25) is 0 Å². The van der Waals surface area contributed by atoms with Crippen molar-refractivity contribution in [2.75, 3.05) is 13.1 Å². The summed E-state index contributed by atoms with van der Waals surface area (Å²) in [5.41, 5.74) is 7.81. The maximum atomic E-state index is 6.25. The Balaban J connectivity index is 2.05. The molecule has 3 N–H and O–H groups in total. The fourth-order valence-electron chi connectivity index (χ4n) is 2.95. The van der Waals surface area contributed by atoms with Crippen LogP contribution in [0.2, 0.25) is 0 Å². The molecule has 1 saturated heterocycles. The summed E-state index contributed by atoms with van der Waals surface area (Å²) in [6.07, 6.45) is 4.20. The van der Waals surface area contributed by atoms with Gasteiger partial charge in [-0.1, -0.05) is 0 Å². The Morgan fingerprint density at radius 1 is 1.50 bits per heavy atom. The van der Waals surface area contributed by atoms with Crippen molar-refractivity contribution in [2.24, 2.45) is 5.73 Å². The standard InChI is InChI=1S/C10H16N4/c11-8-7-14-9(1-4-13-14)10(8)2-5-12-6-3-10/h1,4,8,12H,2-3,5-7,11H2/t8-/m1/s1. The topological polar surface area (TPSA) is 55.9 Å². The third-order valence-corrected chi connectivity index (χ3v) is 3.80. The van der Waals surface area contributed by atoms with E-state index in [0.717, 1.165) is 32.5 Å². The molecule has 0 radical (unpaired) electrons. The second-order valence-corrected chi connectivity index (χ2v) is 4.41. The van der Waals surface area contributed by atoms with E-state index in [0.29, 0.717) is 0 Å². The lowest BCUT2D eigenvalue weighted by Gasteiger charge is -2.36. The van der Waals surface area contributed by atoms with Crippen LogP contribution in [0.4, 0.5) is 0 Å². The Labute approximate surface area is 83.5 Å². The van der Waals surface area contributed by atoms with E-state index in [1.54, 1.807) is 0 Å². The fraction of sp³-hybridized carbons (Fsp3) is 0.700. The average Bonchev–Trinajstić information content (AvgIpc) is 2.74. The molecule has 0 bridgehead atoms. The lowest BCUT2D eigenvalue weighted by Crippen LogP contribution is -2.49. The van der Waals surface area contributed by atoms with E-state index in [9.17, 15) is 0 Å². The SMILES string of the molecule is N[C@@H]1Cn2nccc2C12CCNCC2. The van der Waals surface area contributed by atoms with Crippen molar-refractivity contribution in [1.82, 2.24) is 15.1 Å². The molecule has 0 aliphatic carbocycles. The number of nitrogens with one attached hydrogen (secondary N) is 1. The lowest BCUT2D eigenvalue weighted by molar-refractivity contribution is 0.273. The van der Waals surface area contributed by atoms with Gasteiger partial charge in [-0.15, -0.1) is 0 Å². The number of rotatable bonds is 0. The van der Waals surface area contributed by atoms with Crippen LogP contribution in [0, 0.1) is 0 Å².